The van der Waals surface area contributed by atoms with E-state index in [1.54, 1.807) is 0 Å². The molecule has 2 atom stereocenters. The highest BCUT2D eigenvalue weighted by Gasteiger charge is 2.29. The lowest BCUT2D eigenvalue weighted by Gasteiger charge is -1.99. The van der Waals surface area contributed by atoms with Crippen LogP contribution in [0.15, 0.2) is 24.3 Å². The van der Waals surface area contributed by atoms with Crippen molar-refractivity contribution in [3.05, 3.63) is 34.9 Å². The van der Waals surface area contributed by atoms with Crippen molar-refractivity contribution >= 4 is 11.6 Å². The van der Waals surface area contributed by atoms with Crippen molar-refractivity contribution in [1.29, 1.82) is 0 Å². The standard InChI is InChI=1S/C10H12ClN/c1-12-7-10(12)6-8-3-2-4-9(11)5-8/h2-5,10H,6-7H2,1H3/t10-,12?/m0/s1. The van der Waals surface area contributed by atoms with Crippen LogP contribution in [-0.2, 0) is 6.42 Å². The minimum Gasteiger partial charge on any atom is -0.300 e. The first-order valence-electron chi connectivity index (χ1n) is 4.20. The Morgan fingerprint density at radius 3 is 2.92 bits per heavy atom. The molecule has 1 unspecified atom stereocenters. The van der Waals surface area contributed by atoms with Gasteiger partial charge in [-0.1, -0.05) is 23.7 Å². The second kappa shape index (κ2) is 3.08. The van der Waals surface area contributed by atoms with E-state index in [0.29, 0.717) is 0 Å². The molecule has 1 nitrogen and oxygen atoms in total. The van der Waals surface area contributed by atoms with Gasteiger partial charge in [0.15, 0.2) is 0 Å². The van der Waals surface area contributed by atoms with Crippen LogP contribution in [0.5, 0.6) is 0 Å². The van der Waals surface area contributed by atoms with Gasteiger partial charge in [0.2, 0.25) is 0 Å². The first-order chi connectivity index (χ1) is 5.75. The van der Waals surface area contributed by atoms with E-state index < -0.39 is 0 Å². The average Bonchev–Trinajstić information content (AvgIpc) is 2.66. The minimum atomic E-state index is 0.753. The van der Waals surface area contributed by atoms with E-state index in [1.165, 1.54) is 12.1 Å². The third-order valence-corrected chi connectivity index (χ3v) is 2.58. The van der Waals surface area contributed by atoms with Crippen molar-refractivity contribution in [1.82, 2.24) is 4.90 Å². The maximum atomic E-state index is 5.87. The smallest absolute Gasteiger partial charge is 0.0408 e. The van der Waals surface area contributed by atoms with E-state index in [4.69, 9.17) is 11.6 Å². The molecule has 0 N–H and O–H groups in total. The first kappa shape index (κ1) is 8.09. The molecule has 0 bridgehead atoms. The van der Waals surface area contributed by atoms with Gasteiger partial charge in [0, 0.05) is 17.6 Å². The zero-order chi connectivity index (χ0) is 8.55. The average molecular weight is 182 g/mol. The van der Waals surface area contributed by atoms with Crippen molar-refractivity contribution < 1.29 is 0 Å². The zero-order valence-electron chi connectivity index (χ0n) is 7.13. The van der Waals surface area contributed by atoms with Gasteiger partial charge in [0.25, 0.3) is 0 Å². The molecule has 64 valence electrons. The molecule has 0 aliphatic carbocycles. The molecule has 2 heteroatoms. The van der Waals surface area contributed by atoms with Crippen LogP contribution in [0.25, 0.3) is 0 Å². The Morgan fingerprint density at radius 2 is 2.33 bits per heavy atom. The Balaban J connectivity index is 2.03. The quantitative estimate of drug-likeness (QED) is 0.633. The van der Waals surface area contributed by atoms with E-state index in [2.05, 4.69) is 18.0 Å². The van der Waals surface area contributed by atoms with Crippen LogP contribution in [0.3, 0.4) is 0 Å². The Labute approximate surface area is 77.9 Å². The van der Waals surface area contributed by atoms with Crippen LogP contribution in [0, 0.1) is 0 Å². The van der Waals surface area contributed by atoms with Crippen LogP contribution in [0.2, 0.25) is 5.02 Å². The molecule has 0 saturated carbocycles. The number of hydrogen-bond acceptors (Lipinski definition) is 1. The van der Waals surface area contributed by atoms with Gasteiger partial charge >= 0.3 is 0 Å². The second-order valence-electron chi connectivity index (χ2n) is 3.43. The fourth-order valence-electron chi connectivity index (χ4n) is 1.44. The summed E-state index contributed by atoms with van der Waals surface area (Å²) in [5.41, 5.74) is 1.34. The van der Waals surface area contributed by atoms with E-state index in [1.807, 2.05) is 18.2 Å². The van der Waals surface area contributed by atoms with Crippen LogP contribution >= 0.6 is 11.6 Å². The summed E-state index contributed by atoms with van der Waals surface area (Å²) >= 11 is 5.87. The summed E-state index contributed by atoms with van der Waals surface area (Å²) in [4.78, 5) is 2.33. The highest BCUT2D eigenvalue weighted by atomic mass is 35.5. The predicted molar refractivity (Wildman–Crippen MR) is 51.6 cm³/mol. The van der Waals surface area contributed by atoms with Crippen LogP contribution in [0.4, 0.5) is 0 Å². The number of likely N-dealkylation sites (N-methyl/N-ethyl adjacent to an activating group) is 1. The lowest BCUT2D eigenvalue weighted by atomic mass is 10.1. The molecule has 1 aromatic carbocycles. The van der Waals surface area contributed by atoms with Crippen molar-refractivity contribution in [2.24, 2.45) is 0 Å². The molecular formula is C10H12ClN. The molecule has 0 aromatic heterocycles. The lowest BCUT2D eigenvalue weighted by Crippen LogP contribution is -1.98. The summed E-state index contributed by atoms with van der Waals surface area (Å²) in [6.07, 6.45) is 1.14. The minimum absolute atomic E-state index is 0.753. The van der Waals surface area contributed by atoms with E-state index >= 15 is 0 Å². The van der Waals surface area contributed by atoms with Gasteiger partial charge in [0.05, 0.1) is 0 Å². The molecule has 0 amide bonds. The molecule has 12 heavy (non-hydrogen) atoms. The lowest BCUT2D eigenvalue weighted by molar-refractivity contribution is 0.611. The Kier molecular flexibility index (Phi) is 2.07. The first-order valence-corrected chi connectivity index (χ1v) is 4.58. The maximum absolute atomic E-state index is 5.87. The van der Waals surface area contributed by atoms with Gasteiger partial charge in [-0.15, -0.1) is 0 Å². The molecule has 1 saturated heterocycles. The summed E-state index contributed by atoms with van der Waals surface area (Å²) in [6.45, 7) is 1.23. The second-order valence-corrected chi connectivity index (χ2v) is 3.86. The van der Waals surface area contributed by atoms with Gasteiger partial charge in [-0.3, -0.25) is 0 Å². The number of rotatable bonds is 2. The number of nitrogens with zero attached hydrogens (tertiary/aromatic N) is 1. The van der Waals surface area contributed by atoms with Crippen molar-refractivity contribution in [3.8, 4) is 0 Å². The molecule has 1 aliphatic rings. The van der Waals surface area contributed by atoms with Gasteiger partial charge in [-0.25, -0.2) is 0 Å². The summed E-state index contributed by atoms with van der Waals surface area (Å²) in [5.74, 6) is 0. The Bertz CT molecular complexity index is 285. The van der Waals surface area contributed by atoms with E-state index in [9.17, 15) is 0 Å². The maximum Gasteiger partial charge on any atom is 0.0408 e. The molecule has 1 aromatic rings. The highest BCUT2D eigenvalue weighted by Crippen LogP contribution is 2.20. The van der Waals surface area contributed by atoms with Crippen LogP contribution in [-0.4, -0.2) is 24.5 Å². The van der Waals surface area contributed by atoms with Gasteiger partial charge in [-0.05, 0) is 31.2 Å². The van der Waals surface area contributed by atoms with Crippen LogP contribution in [0.1, 0.15) is 5.56 Å². The summed E-state index contributed by atoms with van der Waals surface area (Å²) in [5, 5.41) is 0.843. The predicted octanol–water partition coefficient (Wildman–Crippen LogP) is 2.20. The fourth-order valence-corrected chi connectivity index (χ4v) is 1.65. The largest absolute Gasteiger partial charge is 0.300 e. The molecule has 0 spiro atoms. The number of hydrogen-bond donors (Lipinski definition) is 0. The number of benzene rings is 1. The SMILES string of the molecule is CN1C[C@@H]1Cc1cccc(Cl)c1. The Hall–Kier alpha value is -0.530. The van der Waals surface area contributed by atoms with E-state index in [-0.39, 0.29) is 0 Å². The number of halogens is 1. The monoisotopic (exact) mass is 181 g/mol. The normalized spacial score (nSPS) is 27.2. The van der Waals surface area contributed by atoms with E-state index in [0.717, 1.165) is 17.5 Å². The van der Waals surface area contributed by atoms with Crippen LogP contribution < -0.4 is 0 Å². The molecule has 0 radical (unpaired) electrons. The molecule has 2 rings (SSSR count). The van der Waals surface area contributed by atoms with Gasteiger partial charge in [-0.2, -0.15) is 0 Å². The van der Waals surface area contributed by atoms with Crippen molar-refractivity contribution in [2.75, 3.05) is 13.6 Å². The van der Waals surface area contributed by atoms with Gasteiger partial charge < -0.3 is 4.90 Å². The third kappa shape index (κ3) is 1.79. The van der Waals surface area contributed by atoms with Crippen molar-refractivity contribution in [2.45, 2.75) is 12.5 Å². The summed E-state index contributed by atoms with van der Waals surface area (Å²) in [7, 11) is 2.15. The fraction of sp³-hybridized carbons (Fsp3) is 0.400. The van der Waals surface area contributed by atoms with Crippen molar-refractivity contribution in [3.63, 3.8) is 0 Å². The van der Waals surface area contributed by atoms with Gasteiger partial charge in [0.1, 0.15) is 0 Å². The summed E-state index contributed by atoms with van der Waals surface area (Å²) in [6, 6.07) is 8.87. The highest BCUT2D eigenvalue weighted by molar-refractivity contribution is 6.30. The zero-order valence-corrected chi connectivity index (χ0v) is 7.88. The summed E-state index contributed by atoms with van der Waals surface area (Å²) < 4.78 is 0. The molecule has 1 aliphatic heterocycles. The molecule has 1 heterocycles. The topological polar surface area (TPSA) is 3.01 Å². The Morgan fingerprint density at radius 1 is 1.58 bits per heavy atom. The molecule has 1 fully saturated rings. The third-order valence-electron chi connectivity index (χ3n) is 2.35. The molecular weight excluding hydrogens is 170 g/mol.